The number of rotatable bonds is 6. The average molecular weight is 367 g/mol. The van der Waals surface area contributed by atoms with E-state index in [1.54, 1.807) is 6.07 Å². The van der Waals surface area contributed by atoms with Crippen molar-refractivity contribution in [2.75, 3.05) is 5.32 Å². The Balaban J connectivity index is 2.01. The van der Waals surface area contributed by atoms with Gasteiger partial charge in [0.05, 0.1) is 4.92 Å². The average Bonchev–Trinajstić information content (AvgIpc) is 2.92. The number of nitro groups is 1. The molecule has 24 heavy (non-hydrogen) atoms. The van der Waals surface area contributed by atoms with Crippen LogP contribution < -0.4 is 5.32 Å². The minimum absolute atomic E-state index is 0.0492. The number of aromatic nitrogens is 2. The normalized spacial score (nSPS) is 11.2. The highest BCUT2D eigenvalue weighted by Crippen LogP contribution is 2.25. The topological polar surface area (TPSA) is 98.0 Å². The van der Waals surface area contributed by atoms with Gasteiger partial charge in [-0.2, -0.15) is 0 Å². The number of halogens is 1. The van der Waals surface area contributed by atoms with E-state index in [4.69, 9.17) is 11.6 Å². The first-order valence-electron chi connectivity index (χ1n) is 7.10. The molecule has 0 radical (unpaired) electrons. The van der Waals surface area contributed by atoms with Gasteiger partial charge in [0.15, 0.2) is 0 Å². The summed E-state index contributed by atoms with van der Waals surface area (Å²) in [6.07, 6.45) is 3.54. The SMILES string of the molecule is CC(C)Cc1nnc(NC(=O)/C=C/c2ccc(Cl)c([N+](=O)[O-])c2)s1. The van der Waals surface area contributed by atoms with Gasteiger partial charge >= 0.3 is 0 Å². The van der Waals surface area contributed by atoms with E-state index in [0.29, 0.717) is 16.6 Å². The Hall–Kier alpha value is -2.32. The van der Waals surface area contributed by atoms with Gasteiger partial charge in [-0.1, -0.05) is 42.9 Å². The molecule has 0 aliphatic carbocycles. The van der Waals surface area contributed by atoms with E-state index in [-0.39, 0.29) is 16.6 Å². The number of hydrogen-bond acceptors (Lipinski definition) is 6. The number of nitro benzene ring substituents is 1. The molecule has 0 fully saturated rings. The van der Waals surface area contributed by atoms with Crippen LogP contribution in [0, 0.1) is 16.0 Å². The second-order valence-electron chi connectivity index (χ2n) is 5.39. The van der Waals surface area contributed by atoms with Crippen LogP contribution in [-0.2, 0) is 11.2 Å². The molecule has 0 saturated carbocycles. The van der Waals surface area contributed by atoms with E-state index in [2.05, 4.69) is 29.4 Å². The molecule has 0 aliphatic rings. The van der Waals surface area contributed by atoms with E-state index in [1.165, 1.54) is 35.6 Å². The first-order chi connectivity index (χ1) is 11.3. The molecular formula is C15H15ClN4O3S. The Morgan fingerprint density at radius 2 is 2.21 bits per heavy atom. The fourth-order valence-corrected chi connectivity index (χ4v) is 2.97. The lowest BCUT2D eigenvalue weighted by atomic mass is 10.1. The minimum Gasteiger partial charge on any atom is -0.297 e. The highest BCUT2D eigenvalue weighted by atomic mass is 35.5. The van der Waals surface area contributed by atoms with E-state index in [1.807, 2.05) is 0 Å². The van der Waals surface area contributed by atoms with E-state index >= 15 is 0 Å². The van der Waals surface area contributed by atoms with Crippen molar-refractivity contribution in [2.24, 2.45) is 5.92 Å². The maximum atomic E-state index is 11.9. The summed E-state index contributed by atoms with van der Waals surface area (Å²) in [5.41, 5.74) is 0.292. The van der Waals surface area contributed by atoms with Crippen LogP contribution in [0.3, 0.4) is 0 Å². The zero-order chi connectivity index (χ0) is 17.7. The molecule has 1 N–H and O–H groups in total. The van der Waals surface area contributed by atoms with Crippen molar-refractivity contribution in [2.45, 2.75) is 20.3 Å². The van der Waals surface area contributed by atoms with Gasteiger partial charge in [-0.05, 0) is 23.6 Å². The fourth-order valence-electron chi connectivity index (χ4n) is 1.83. The van der Waals surface area contributed by atoms with Gasteiger partial charge in [-0.15, -0.1) is 10.2 Å². The van der Waals surface area contributed by atoms with Crippen molar-refractivity contribution in [1.29, 1.82) is 0 Å². The molecule has 0 aliphatic heterocycles. The predicted octanol–water partition coefficient (Wildman–Crippen LogP) is 3.95. The third-order valence-electron chi connectivity index (χ3n) is 2.87. The van der Waals surface area contributed by atoms with E-state index in [0.717, 1.165) is 11.4 Å². The molecule has 0 spiro atoms. The molecule has 0 unspecified atom stereocenters. The minimum atomic E-state index is -0.572. The third-order valence-corrected chi connectivity index (χ3v) is 4.05. The third kappa shape index (κ3) is 5.10. The number of nitrogens with one attached hydrogen (secondary N) is 1. The quantitative estimate of drug-likeness (QED) is 0.474. The Bertz CT molecular complexity index is 789. The number of amides is 1. The lowest BCUT2D eigenvalue weighted by molar-refractivity contribution is -0.384. The lowest BCUT2D eigenvalue weighted by Crippen LogP contribution is -2.07. The molecule has 1 heterocycles. The van der Waals surface area contributed by atoms with Gasteiger partial charge in [0.1, 0.15) is 10.0 Å². The molecule has 0 bridgehead atoms. The van der Waals surface area contributed by atoms with Crippen molar-refractivity contribution in [3.05, 3.63) is 50.0 Å². The van der Waals surface area contributed by atoms with Crippen molar-refractivity contribution in [1.82, 2.24) is 10.2 Å². The number of hydrogen-bond donors (Lipinski definition) is 1. The molecule has 1 aromatic carbocycles. The summed E-state index contributed by atoms with van der Waals surface area (Å²) in [7, 11) is 0. The summed E-state index contributed by atoms with van der Waals surface area (Å²) < 4.78 is 0. The summed E-state index contributed by atoms with van der Waals surface area (Å²) in [5.74, 6) is 0.0712. The van der Waals surface area contributed by atoms with Crippen LogP contribution in [0.25, 0.3) is 6.08 Å². The van der Waals surface area contributed by atoms with Gasteiger partial charge in [-0.25, -0.2) is 0 Å². The van der Waals surface area contributed by atoms with E-state index < -0.39 is 4.92 Å². The van der Waals surface area contributed by atoms with Crippen LogP contribution in [0.1, 0.15) is 24.4 Å². The molecule has 2 rings (SSSR count). The van der Waals surface area contributed by atoms with E-state index in [9.17, 15) is 14.9 Å². The van der Waals surface area contributed by atoms with Crippen molar-refractivity contribution in [3.8, 4) is 0 Å². The predicted molar refractivity (Wildman–Crippen MR) is 94.2 cm³/mol. The number of benzene rings is 1. The summed E-state index contributed by atoms with van der Waals surface area (Å²) in [4.78, 5) is 22.1. The molecule has 0 atom stereocenters. The smallest absolute Gasteiger partial charge is 0.288 e. The van der Waals surface area contributed by atoms with Crippen LogP contribution in [0.15, 0.2) is 24.3 Å². The highest BCUT2D eigenvalue weighted by molar-refractivity contribution is 7.15. The van der Waals surface area contributed by atoms with Gasteiger partial charge < -0.3 is 0 Å². The summed E-state index contributed by atoms with van der Waals surface area (Å²) in [5, 5.41) is 22.7. The number of nitrogens with zero attached hydrogens (tertiary/aromatic N) is 3. The Kier molecular flexibility index (Phi) is 5.99. The monoisotopic (exact) mass is 366 g/mol. The van der Waals surface area contributed by atoms with Gasteiger partial charge in [0, 0.05) is 18.6 Å². The zero-order valence-corrected chi connectivity index (χ0v) is 14.6. The zero-order valence-electron chi connectivity index (χ0n) is 13.0. The second kappa shape index (κ2) is 7.98. The maximum Gasteiger partial charge on any atom is 0.288 e. The van der Waals surface area contributed by atoms with Crippen molar-refractivity contribution < 1.29 is 9.72 Å². The van der Waals surface area contributed by atoms with Crippen LogP contribution in [0.4, 0.5) is 10.8 Å². The molecule has 0 saturated heterocycles. The van der Waals surface area contributed by atoms with Gasteiger partial charge in [0.25, 0.3) is 5.69 Å². The second-order valence-corrected chi connectivity index (χ2v) is 6.86. The largest absolute Gasteiger partial charge is 0.297 e. The first-order valence-corrected chi connectivity index (χ1v) is 8.30. The fraction of sp³-hybridized carbons (Fsp3) is 0.267. The molecule has 7 nitrogen and oxygen atoms in total. The first kappa shape index (κ1) is 18.0. The standard InChI is InChI=1S/C15H15ClN4O3S/c1-9(2)7-14-18-19-15(24-14)17-13(21)6-4-10-3-5-11(16)12(8-10)20(22)23/h3-6,8-9H,7H2,1-2H3,(H,17,19,21)/b6-4+. The lowest BCUT2D eigenvalue weighted by Gasteiger charge is -1.98. The molecule has 9 heteroatoms. The molecule has 1 amide bonds. The van der Waals surface area contributed by atoms with Gasteiger partial charge in [-0.3, -0.25) is 20.2 Å². The molecule has 126 valence electrons. The Morgan fingerprint density at radius 3 is 2.88 bits per heavy atom. The Morgan fingerprint density at radius 1 is 1.46 bits per heavy atom. The van der Waals surface area contributed by atoms with Crippen molar-refractivity contribution >= 4 is 45.7 Å². The van der Waals surface area contributed by atoms with Crippen LogP contribution in [0.5, 0.6) is 0 Å². The highest BCUT2D eigenvalue weighted by Gasteiger charge is 2.12. The molecular weight excluding hydrogens is 352 g/mol. The number of carbonyl (C=O) groups is 1. The molecule has 2 aromatic rings. The summed E-state index contributed by atoms with van der Waals surface area (Å²) >= 11 is 7.07. The van der Waals surface area contributed by atoms with Crippen LogP contribution in [0.2, 0.25) is 5.02 Å². The maximum absolute atomic E-state index is 11.9. The Labute approximate surface area is 147 Å². The van der Waals surface area contributed by atoms with Crippen LogP contribution in [-0.4, -0.2) is 21.0 Å². The summed E-state index contributed by atoms with van der Waals surface area (Å²) in [6, 6.07) is 4.31. The van der Waals surface area contributed by atoms with Crippen LogP contribution >= 0.6 is 22.9 Å². The number of carbonyl (C=O) groups excluding carboxylic acids is 1. The van der Waals surface area contributed by atoms with Gasteiger partial charge in [0.2, 0.25) is 11.0 Å². The number of anilines is 1. The molecule has 1 aromatic heterocycles. The summed E-state index contributed by atoms with van der Waals surface area (Å²) in [6.45, 7) is 4.15. The van der Waals surface area contributed by atoms with Crippen molar-refractivity contribution in [3.63, 3.8) is 0 Å².